The first-order valence-corrected chi connectivity index (χ1v) is 7.42. The number of benzene rings is 2. The number of hydrogen-bond donors (Lipinski definition) is 1. The van der Waals surface area contributed by atoms with Gasteiger partial charge in [-0.1, -0.05) is 41.4 Å². The van der Waals surface area contributed by atoms with Crippen LogP contribution in [0.2, 0.25) is 10.0 Å². The normalized spacial score (nSPS) is 14.3. The van der Waals surface area contributed by atoms with Crippen LogP contribution < -0.4 is 10.1 Å². The molecule has 1 aliphatic rings. The zero-order chi connectivity index (χ0) is 13.9. The van der Waals surface area contributed by atoms with Crippen LogP contribution >= 0.6 is 23.2 Å². The van der Waals surface area contributed by atoms with Gasteiger partial charge < -0.3 is 10.1 Å². The van der Waals surface area contributed by atoms with Gasteiger partial charge in [-0.25, -0.2) is 0 Å². The lowest BCUT2D eigenvalue weighted by molar-refractivity contribution is 0.482. The Morgan fingerprint density at radius 1 is 1.05 bits per heavy atom. The van der Waals surface area contributed by atoms with E-state index in [1.807, 2.05) is 36.4 Å². The molecular formula is C16H15Cl2NO. The molecule has 2 aromatic carbocycles. The van der Waals surface area contributed by atoms with E-state index in [0.717, 1.165) is 12.1 Å². The summed E-state index contributed by atoms with van der Waals surface area (Å²) in [6.45, 7) is 0.801. The molecule has 20 heavy (non-hydrogen) atoms. The van der Waals surface area contributed by atoms with E-state index >= 15 is 0 Å². The molecular weight excluding hydrogens is 293 g/mol. The highest BCUT2D eigenvalue weighted by Crippen LogP contribution is 2.31. The van der Waals surface area contributed by atoms with Crippen LogP contribution in [0, 0.1) is 0 Å². The smallest absolute Gasteiger partial charge is 0.146 e. The minimum absolute atomic E-state index is 0.586. The second-order valence-corrected chi connectivity index (χ2v) is 5.76. The molecule has 0 saturated heterocycles. The van der Waals surface area contributed by atoms with Crippen LogP contribution in [-0.4, -0.2) is 6.04 Å². The van der Waals surface area contributed by atoms with Crippen LogP contribution in [0.1, 0.15) is 18.4 Å². The van der Waals surface area contributed by atoms with Crippen LogP contribution in [0.25, 0.3) is 0 Å². The van der Waals surface area contributed by atoms with Gasteiger partial charge in [0.1, 0.15) is 11.5 Å². The molecule has 2 nitrogen and oxygen atoms in total. The molecule has 0 unspecified atom stereocenters. The molecule has 104 valence electrons. The summed E-state index contributed by atoms with van der Waals surface area (Å²) in [7, 11) is 0. The Hall–Kier alpha value is -1.22. The van der Waals surface area contributed by atoms with Gasteiger partial charge in [0.15, 0.2) is 0 Å². The van der Waals surface area contributed by atoms with Crippen molar-refractivity contribution in [2.45, 2.75) is 25.4 Å². The van der Waals surface area contributed by atoms with Crippen molar-refractivity contribution in [1.29, 1.82) is 0 Å². The van der Waals surface area contributed by atoms with Crippen LogP contribution in [0.15, 0.2) is 42.5 Å². The van der Waals surface area contributed by atoms with Crippen molar-refractivity contribution in [2.24, 2.45) is 0 Å². The fourth-order valence-corrected chi connectivity index (χ4v) is 2.34. The van der Waals surface area contributed by atoms with Gasteiger partial charge in [0.05, 0.1) is 5.02 Å². The lowest BCUT2D eigenvalue weighted by Crippen LogP contribution is -2.15. The number of nitrogens with one attached hydrogen (secondary N) is 1. The Morgan fingerprint density at radius 2 is 1.85 bits per heavy atom. The molecule has 0 aromatic heterocycles. The summed E-state index contributed by atoms with van der Waals surface area (Å²) in [4.78, 5) is 0. The van der Waals surface area contributed by atoms with Crippen molar-refractivity contribution in [2.75, 3.05) is 0 Å². The molecule has 1 N–H and O–H groups in total. The van der Waals surface area contributed by atoms with E-state index in [1.54, 1.807) is 6.07 Å². The molecule has 3 rings (SSSR count). The van der Waals surface area contributed by atoms with E-state index in [-0.39, 0.29) is 0 Å². The fraction of sp³-hybridized carbons (Fsp3) is 0.250. The maximum atomic E-state index is 6.29. The van der Waals surface area contributed by atoms with Gasteiger partial charge in [0.2, 0.25) is 0 Å². The second kappa shape index (κ2) is 6.04. The Kier molecular flexibility index (Phi) is 4.16. The lowest BCUT2D eigenvalue weighted by Gasteiger charge is -2.10. The predicted molar refractivity (Wildman–Crippen MR) is 82.8 cm³/mol. The highest BCUT2D eigenvalue weighted by atomic mass is 35.5. The zero-order valence-corrected chi connectivity index (χ0v) is 12.4. The average Bonchev–Trinajstić information content (AvgIpc) is 3.25. The summed E-state index contributed by atoms with van der Waals surface area (Å²) >= 11 is 12.4. The molecule has 0 bridgehead atoms. The molecule has 2 aromatic rings. The number of hydrogen-bond acceptors (Lipinski definition) is 2. The molecule has 0 spiro atoms. The predicted octanol–water partition coefficient (Wildman–Crippen LogP) is 5.04. The standard InChI is InChI=1S/C16H15Cl2NO/c17-14-3-1-2-4-16(14)20-13-8-5-11(15(18)9-13)10-19-12-6-7-12/h1-5,8-9,12,19H,6-7,10H2. The third-order valence-corrected chi connectivity index (χ3v) is 3.91. The van der Waals surface area contributed by atoms with E-state index in [0.29, 0.717) is 27.6 Å². The van der Waals surface area contributed by atoms with Crippen molar-refractivity contribution in [3.05, 3.63) is 58.1 Å². The summed E-state index contributed by atoms with van der Waals surface area (Å²) in [6, 6.07) is 13.8. The number of rotatable bonds is 5. The van der Waals surface area contributed by atoms with Crippen molar-refractivity contribution in [3.63, 3.8) is 0 Å². The van der Waals surface area contributed by atoms with Crippen molar-refractivity contribution in [1.82, 2.24) is 5.32 Å². The van der Waals surface area contributed by atoms with Crippen molar-refractivity contribution in [3.8, 4) is 11.5 Å². The summed E-state index contributed by atoms with van der Waals surface area (Å²) in [6.07, 6.45) is 2.54. The molecule has 0 radical (unpaired) electrons. The molecule has 1 aliphatic carbocycles. The maximum Gasteiger partial charge on any atom is 0.146 e. The van der Waals surface area contributed by atoms with Crippen LogP contribution in [-0.2, 0) is 6.54 Å². The van der Waals surface area contributed by atoms with Gasteiger partial charge in [-0.3, -0.25) is 0 Å². The van der Waals surface area contributed by atoms with Gasteiger partial charge in [0.25, 0.3) is 0 Å². The third kappa shape index (κ3) is 3.45. The van der Waals surface area contributed by atoms with Crippen LogP contribution in [0.4, 0.5) is 0 Å². The van der Waals surface area contributed by atoms with Gasteiger partial charge in [-0.05, 0) is 42.7 Å². The van der Waals surface area contributed by atoms with Crippen molar-refractivity contribution >= 4 is 23.2 Å². The molecule has 0 heterocycles. The van der Waals surface area contributed by atoms with Crippen LogP contribution in [0.5, 0.6) is 11.5 Å². The van der Waals surface area contributed by atoms with E-state index in [2.05, 4.69) is 5.32 Å². The monoisotopic (exact) mass is 307 g/mol. The lowest BCUT2D eigenvalue weighted by atomic mass is 10.2. The molecule has 0 aliphatic heterocycles. The molecule has 4 heteroatoms. The quantitative estimate of drug-likeness (QED) is 0.835. The zero-order valence-electron chi connectivity index (χ0n) is 10.9. The second-order valence-electron chi connectivity index (χ2n) is 4.94. The average molecular weight is 308 g/mol. The first-order chi connectivity index (χ1) is 9.72. The third-order valence-electron chi connectivity index (χ3n) is 3.25. The maximum absolute atomic E-state index is 6.29. The van der Waals surface area contributed by atoms with Gasteiger partial charge in [0, 0.05) is 17.6 Å². The van der Waals surface area contributed by atoms with E-state index in [1.165, 1.54) is 12.8 Å². The Morgan fingerprint density at radius 3 is 2.55 bits per heavy atom. The highest BCUT2D eigenvalue weighted by Gasteiger charge is 2.20. The summed E-state index contributed by atoms with van der Waals surface area (Å²) in [5.41, 5.74) is 1.09. The van der Waals surface area contributed by atoms with Crippen molar-refractivity contribution < 1.29 is 4.74 Å². The van der Waals surface area contributed by atoms with E-state index in [4.69, 9.17) is 27.9 Å². The highest BCUT2D eigenvalue weighted by molar-refractivity contribution is 6.32. The number of ether oxygens (including phenoxy) is 1. The summed E-state index contributed by atoms with van der Waals surface area (Å²) in [5.74, 6) is 1.33. The van der Waals surface area contributed by atoms with Gasteiger partial charge in [-0.2, -0.15) is 0 Å². The van der Waals surface area contributed by atoms with Gasteiger partial charge >= 0.3 is 0 Å². The molecule has 1 saturated carbocycles. The molecule has 0 atom stereocenters. The Labute approximate surface area is 128 Å². The van der Waals surface area contributed by atoms with Crippen LogP contribution in [0.3, 0.4) is 0 Å². The molecule has 1 fully saturated rings. The summed E-state index contributed by atoms with van der Waals surface area (Å²) < 4.78 is 5.75. The Bertz CT molecular complexity index is 611. The first-order valence-electron chi connectivity index (χ1n) is 6.66. The minimum atomic E-state index is 0.586. The largest absolute Gasteiger partial charge is 0.456 e. The Balaban J connectivity index is 1.71. The van der Waals surface area contributed by atoms with E-state index < -0.39 is 0 Å². The minimum Gasteiger partial charge on any atom is -0.456 e. The SMILES string of the molecule is Clc1cc(Oc2ccccc2Cl)ccc1CNC1CC1. The van der Waals surface area contributed by atoms with Gasteiger partial charge in [-0.15, -0.1) is 0 Å². The van der Waals surface area contributed by atoms with E-state index in [9.17, 15) is 0 Å². The molecule has 0 amide bonds. The fourth-order valence-electron chi connectivity index (χ4n) is 1.93. The first kappa shape index (κ1) is 13.7. The summed E-state index contributed by atoms with van der Waals surface area (Å²) in [5, 5.41) is 4.74. The number of para-hydroxylation sites is 1. The topological polar surface area (TPSA) is 21.3 Å². The number of halogens is 2.